The maximum atomic E-state index is 14.7. The van der Waals surface area contributed by atoms with E-state index in [1.807, 2.05) is 18.2 Å². The highest BCUT2D eigenvalue weighted by molar-refractivity contribution is 7.90. The number of aromatic amines is 2. The van der Waals surface area contributed by atoms with Gasteiger partial charge in [-0.15, -0.1) is 0 Å². The van der Waals surface area contributed by atoms with Gasteiger partial charge in [0.05, 0.1) is 29.3 Å². The number of nitrogens with zero attached hydrogens (tertiary/aromatic N) is 4. The molecule has 5 heterocycles. The van der Waals surface area contributed by atoms with Crippen molar-refractivity contribution in [2.24, 2.45) is 11.7 Å². The molecule has 5 N–H and O–H groups in total. The number of rotatable bonds is 8. The van der Waals surface area contributed by atoms with E-state index < -0.39 is 21.0 Å². The van der Waals surface area contributed by atoms with Crippen molar-refractivity contribution in [3.05, 3.63) is 78.8 Å². The number of nitrogens with one attached hydrogen (secondary N) is 3. The predicted molar refractivity (Wildman–Crippen MR) is 179 cm³/mol. The lowest BCUT2D eigenvalue weighted by Crippen LogP contribution is -2.20. The number of benzene rings is 1. The topological polar surface area (TPSA) is 172 Å². The highest BCUT2D eigenvalue weighted by atomic mass is 32.2. The van der Waals surface area contributed by atoms with Gasteiger partial charge < -0.3 is 16.0 Å². The lowest BCUT2D eigenvalue weighted by Gasteiger charge is -2.20. The summed E-state index contributed by atoms with van der Waals surface area (Å²) in [6.07, 6.45) is 15.7. The first-order valence-corrected chi connectivity index (χ1v) is 17.4. The fraction of sp³-hybridized carbons (Fsp3) is 0.265. The van der Waals surface area contributed by atoms with Gasteiger partial charge in [-0.1, -0.05) is 19.3 Å². The molecule has 7 rings (SSSR count). The normalized spacial score (nSPS) is 14.9. The van der Waals surface area contributed by atoms with E-state index in [9.17, 15) is 17.6 Å². The fourth-order valence-corrected chi connectivity index (χ4v) is 7.02. The summed E-state index contributed by atoms with van der Waals surface area (Å²) in [6, 6.07) is 9.75. The van der Waals surface area contributed by atoms with Crippen LogP contribution in [0.5, 0.6) is 0 Å². The van der Waals surface area contributed by atoms with Gasteiger partial charge in [0.2, 0.25) is 5.91 Å². The first-order valence-electron chi connectivity index (χ1n) is 15.4. The summed E-state index contributed by atoms with van der Waals surface area (Å²) in [7, 11) is -3.65. The first kappa shape index (κ1) is 30.6. The fourth-order valence-electron chi connectivity index (χ4n) is 6.39. The number of hydrogen-bond acceptors (Lipinski definition) is 8. The molecule has 11 nitrogen and oxygen atoms in total. The van der Waals surface area contributed by atoms with Crippen LogP contribution >= 0.6 is 0 Å². The Bertz CT molecular complexity index is 2240. The van der Waals surface area contributed by atoms with Gasteiger partial charge in [-0.3, -0.25) is 19.9 Å². The van der Waals surface area contributed by atoms with Gasteiger partial charge >= 0.3 is 0 Å². The molecular weight excluding hydrogens is 619 g/mol. The molecule has 0 bridgehead atoms. The highest BCUT2D eigenvalue weighted by Gasteiger charge is 2.21. The summed E-state index contributed by atoms with van der Waals surface area (Å²) in [5.41, 5.74) is 11.9. The van der Waals surface area contributed by atoms with Crippen LogP contribution in [0.4, 0.5) is 10.1 Å². The molecule has 5 aromatic heterocycles. The van der Waals surface area contributed by atoms with Crippen molar-refractivity contribution in [2.75, 3.05) is 11.6 Å². The molecule has 1 saturated carbocycles. The van der Waals surface area contributed by atoms with Gasteiger partial charge in [0.1, 0.15) is 16.9 Å². The number of anilines is 1. The summed E-state index contributed by atoms with van der Waals surface area (Å²) in [5, 5.41) is 10.7. The van der Waals surface area contributed by atoms with Crippen LogP contribution in [0, 0.1) is 11.7 Å². The second-order valence-corrected chi connectivity index (χ2v) is 14.4. The molecule has 1 aromatic carbocycles. The third kappa shape index (κ3) is 6.36. The molecule has 47 heavy (non-hydrogen) atoms. The Balaban J connectivity index is 1.20. The molecule has 13 heteroatoms. The Morgan fingerprint density at radius 1 is 0.957 bits per heavy atom. The predicted octanol–water partition coefficient (Wildman–Crippen LogP) is 6.28. The van der Waals surface area contributed by atoms with Crippen molar-refractivity contribution in [3.63, 3.8) is 0 Å². The Labute approximate surface area is 270 Å². The molecule has 1 aliphatic rings. The second-order valence-electron chi connectivity index (χ2n) is 12.3. The number of H-pyrrole nitrogens is 2. The highest BCUT2D eigenvalue weighted by Crippen LogP contribution is 2.36. The molecule has 1 unspecified atom stereocenters. The van der Waals surface area contributed by atoms with Gasteiger partial charge in [-0.05, 0) is 66.3 Å². The van der Waals surface area contributed by atoms with Crippen LogP contribution in [0.1, 0.15) is 49.5 Å². The maximum absolute atomic E-state index is 14.7. The largest absolute Gasteiger partial charge is 0.352 e. The summed E-state index contributed by atoms with van der Waals surface area (Å²) in [4.78, 5) is 29.4. The molecule has 0 saturated heterocycles. The molecule has 0 radical (unpaired) electrons. The summed E-state index contributed by atoms with van der Waals surface area (Å²) in [6.45, 7) is 0. The maximum Gasteiger partial charge on any atom is 0.224 e. The molecule has 1 fully saturated rings. The van der Waals surface area contributed by atoms with E-state index >= 15 is 0 Å². The van der Waals surface area contributed by atoms with E-state index in [4.69, 9.17) is 5.73 Å². The molecule has 240 valence electrons. The van der Waals surface area contributed by atoms with Gasteiger partial charge in [0.15, 0.2) is 15.5 Å². The number of sulfone groups is 1. The van der Waals surface area contributed by atoms with Crippen LogP contribution in [0.25, 0.3) is 55.6 Å². The minimum atomic E-state index is -3.65. The molecule has 1 atom stereocenters. The average Bonchev–Trinajstić information content (AvgIpc) is 3.68. The molecule has 0 spiro atoms. The number of fused-ring (bicyclic) bond motifs is 2. The minimum Gasteiger partial charge on any atom is -0.352 e. The molecule has 1 aliphatic carbocycles. The van der Waals surface area contributed by atoms with Gasteiger partial charge in [0.25, 0.3) is 0 Å². The number of carbonyl (C=O) groups excluding carboxylic acids is 1. The second kappa shape index (κ2) is 12.3. The average molecular weight is 653 g/mol. The van der Waals surface area contributed by atoms with Crippen molar-refractivity contribution < 1.29 is 17.6 Å². The summed E-state index contributed by atoms with van der Waals surface area (Å²) < 4.78 is 38.9. The number of carbonyl (C=O) groups is 1. The van der Waals surface area contributed by atoms with E-state index in [1.54, 1.807) is 37.1 Å². The van der Waals surface area contributed by atoms with Crippen LogP contribution in [0.15, 0.2) is 67.4 Å². The van der Waals surface area contributed by atoms with Crippen LogP contribution in [0.2, 0.25) is 0 Å². The SMILES string of the molecule is CS(=O)(=O)C(N)c1cc(F)cc(-c2cncc3[nH]c(-c4n[nH]c5ncc(-c6cncc(NC(=O)CC7CCCCC7)c6)cc45)cc23)c1. The number of pyridine rings is 3. The van der Waals surface area contributed by atoms with Crippen molar-refractivity contribution in [3.8, 4) is 33.6 Å². The summed E-state index contributed by atoms with van der Waals surface area (Å²) in [5.74, 6) is -0.169. The quantitative estimate of drug-likeness (QED) is 0.149. The summed E-state index contributed by atoms with van der Waals surface area (Å²) >= 11 is 0. The first-order chi connectivity index (χ1) is 22.6. The third-order valence-electron chi connectivity index (χ3n) is 8.79. The van der Waals surface area contributed by atoms with Crippen LogP contribution < -0.4 is 11.1 Å². The van der Waals surface area contributed by atoms with E-state index in [0.717, 1.165) is 47.1 Å². The van der Waals surface area contributed by atoms with E-state index in [-0.39, 0.29) is 11.5 Å². The molecular formula is C34H33FN8O3S. The van der Waals surface area contributed by atoms with Crippen LogP contribution in [-0.4, -0.2) is 50.7 Å². The zero-order chi connectivity index (χ0) is 32.7. The molecule has 6 aromatic rings. The van der Waals surface area contributed by atoms with E-state index in [2.05, 4.69) is 35.5 Å². The Kier molecular flexibility index (Phi) is 8.02. The number of nitrogens with two attached hydrogens (primary N) is 1. The number of amides is 1. The third-order valence-corrected chi connectivity index (χ3v) is 9.99. The van der Waals surface area contributed by atoms with Gasteiger partial charge in [-0.2, -0.15) is 5.10 Å². The Hall–Kier alpha value is -5.01. The Morgan fingerprint density at radius 3 is 2.55 bits per heavy atom. The van der Waals surface area contributed by atoms with Gasteiger partial charge in [-0.25, -0.2) is 17.8 Å². The zero-order valence-corrected chi connectivity index (χ0v) is 26.4. The van der Waals surface area contributed by atoms with Crippen molar-refractivity contribution in [2.45, 2.75) is 43.9 Å². The smallest absolute Gasteiger partial charge is 0.224 e. The van der Waals surface area contributed by atoms with E-state index in [1.165, 1.54) is 25.3 Å². The van der Waals surface area contributed by atoms with Crippen LogP contribution in [0.3, 0.4) is 0 Å². The van der Waals surface area contributed by atoms with Crippen molar-refractivity contribution >= 4 is 43.4 Å². The van der Waals surface area contributed by atoms with Gasteiger partial charge in [0, 0.05) is 58.7 Å². The van der Waals surface area contributed by atoms with Crippen molar-refractivity contribution in [1.82, 2.24) is 30.1 Å². The Morgan fingerprint density at radius 2 is 1.74 bits per heavy atom. The minimum absolute atomic E-state index is 0.00178. The van der Waals surface area contributed by atoms with E-state index in [0.29, 0.717) is 51.7 Å². The van der Waals surface area contributed by atoms with Crippen LogP contribution in [-0.2, 0) is 14.6 Å². The zero-order valence-electron chi connectivity index (χ0n) is 25.6. The lowest BCUT2D eigenvalue weighted by atomic mass is 9.87. The van der Waals surface area contributed by atoms with Crippen molar-refractivity contribution in [1.29, 1.82) is 0 Å². The monoisotopic (exact) mass is 652 g/mol. The number of aromatic nitrogens is 6. The standard InChI is InChI=1S/C34H33FN8O3S/c1-47(45,46)33(36)21-8-20(9-24(35)10-21)28-17-38-18-30-26(28)13-29(41-30)32-27-12-23(15-39-34(27)43-42-32)22-11-25(16-37-14-22)40-31(44)7-19-5-3-2-4-6-19/h8-19,33,41H,2-7,36H2,1H3,(H,40,44)(H,39,42,43). The molecule has 0 aliphatic heterocycles. The number of hydrogen-bond donors (Lipinski definition) is 4. The number of halogens is 1. The molecule has 1 amide bonds. The lowest BCUT2D eigenvalue weighted by molar-refractivity contribution is -0.117.